The summed E-state index contributed by atoms with van der Waals surface area (Å²) in [5.41, 5.74) is 6.10. The SMILES string of the molecule is COC(=O)c1c(N)cc(C(=O)C(C)C)cc1OC(=O)C(C)C. The number of ether oxygens (including phenoxy) is 2. The molecule has 6 nitrogen and oxygen atoms in total. The Labute approximate surface area is 129 Å². The van der Waals surface area contributed by atoms with Crippen molar-refractivity contribution in [3.8, 4) is 5.75 Å². The van der Waals surface area contributed by atoms with Crippen LogP contribution in [-0.2, 0) is 9.53 Å². The first-order valence-electron chi connectivity index (χ1n) is 6.96. The van der Waals surface area contributed by atoms with E-state index >= 15 is 0 Å². The molecule has 0 saturated carbocycles. The molecule has 0 aromatic heterocycles. The molecule has 0 bridgehead atoms. The van der Waals surface area contributed by atoms with Crippen LogP contribution in [0.3, 0.4) is 0 Å². The van der Waals surface area contributed by atoms with E-state index in [0.29, 0.717) is 0 Å². The number of carbonyl (C=O) groups excluding carboxylic acids is 3. The molecule has 0 amide bonds. The lowest BCUT2D eigenvalue weighted by Gasteiger charge is -2.14. The molecule has 0 aliphatic heterocycles. The lowest BCUT2D eigenvalue weighted by molar-refractivity contribution is -0.137. The highest BCUT2D eigenvalue weighted by molar-refractivity contribution is 6.04. The van der Waals surface area contributed by atoms with E-state index in [2.05, 4.69) is 4.74 Å². The van der Waals surface area contributed by atoms with Crippen LogP contribution in [0.5, 0.6) is 5.75 Å². The van der Waals surface area contributed by atoms with Crippen molar-refractivity contribution >= 4 is 23.4 Å². The summed E-state index contributed by atoms with van der Waals surface area (Å²) >= 11 is 0. The molecule has 0 unspecified atom stereocenters. The minimum absolute atomic E-state index is 0.0323. The van der Waals surface area contributed by atoms with Crippen LogP contribution in [-0.4, -0.2) is 24.8 Å². The van der Waals surface area contributed by atoms with Gasteiger partial charge in [0, 0.05) is 11.5 Å². The average Bonchev–Trinajstić information content (AvgIpc) is 2.44. The maximum Gasteiger partial charge on any atom is 0.343 e. The zero-order valence-corrected chi connectivity index (χ0v) is 13.4. The first kappa shape index (κ1) is 17.7. The second-order valence-electron chi connectivity index (χ2n) is 5.52. The van der Waals surface area contributed by atoms with Gasteiger partial charge in [0.2, 0.25) is 0 Å². The topological polar surface area (TPSA) is 95.7 Å². The maximum atomic E-state index is 12.1. The fourth-order valence-corrected chi connectivity index (χ4v) is 1.74. The first-order valence-corrected chi connectivity index (χ1v) is 6.96. The summed E-state index contributed by atoms with van der Waals surface area (Å²) < 4.78 is 9.86. The third-order valence-corrected chi connectivity index (χ3v) is 3.01. The van der Waals surface area contributed by atoms with Crippen LogP contribution in [0.25, 0.3) is 0 Å². The smallest absolute Gasteiger partial charge is 0.343 e. The Hall–Kier alpha value is -2.37. The Kier molecular flexibility index (Phi) is 5.68. The van der Waals surface area contributed by atoms with Gasteiger partial charge in [-0.1, -0.05) is 27.7 Å². The molecule has 1 rings (SSSR count). The second-order valence-corrected chi connectivity index (χ2v) is 5.52. The maximum absolute atomic E-state index is 12.1. The molecule has 1 aromatic carbocycles. The summed E-state index contributed by atoms with van der Waals surface area (Å²) in [4.78, 5) is 35.8. The number of hydrogen-bond acceptors (Lipinski definition) is 6. The minimum atomic E-state index is -0.729. The van der Waals surface area contributed by atoms with Gasteiger partial charge in [-0.25, -0.2) is 4.79 Å². The number of Topliss-reactive ketones (excluding diaryl/α,β-unsaturated/α-hetero) is 1. The van der Waals surface area contributed by atoms with E-state index in [4.69, 9.17) is 10.5 Å². The number of ketones is 1. The van der Waals surface area contributed by atoms with Crippen molar-refractivity contribution in [2.24, 2.45) is 11.8 Å². The molecule has 0 saturated heterocycles. The number of carbonyl (C=O) groups is 3. The highest BCUT2D eigenvalue weighted by atomic mass is 16.5. The Morgan fingerprint density at radius 1 is 1.05 bits per heavy atom. The molecule has 0 spiro atoms. The highest BCUT2D eigenvalue weighted by Crippen LogP contribution is 2.29. The van der Waals surface area contributed by atoms with Crippen molar-refractivity contribution < 1.29 is 23.9 Å². The van der Waals surface area contributed by atoms with Crippen molar-refractivity contribution in [1.29, 1.82) is 0 Å². The van der Waals surface area contributed by atoms with E-state index in [0.717, 1.165) is 0 Å². The Morgan fingerprint density at radius 2 is 1.64 bits per heavy atom. The molecule has 0 aliphatic carbocycles. The second kappa shape index (κ2) is 7.06. The average molecular weight is 307 g/mol. The number of benzene rings is 1. The zero-order chi connectivity index (χ0) is 17.0. The van der Waals surface area contributed by atoms with Crippen molar-refractivity contribution in [3.05, 3.63) is 23.3 Å². The van der Waals surface area contributed by atoms with Crippen molar-refractivity contribution in [3.63, 3.8) is 0 Å². The number of methoxy groups -OCH3 is 1. The summed E-state index contributed by atoms with van der Waals surface area (Å²) in [5, 5.41) is 0. The lowest BCUT2D eigenvalue weighted by atomic mass is 9.98. The lowest BCUT2D eigenvalue weighted by Crippen LogP contribution is -2.19. The molecule has 0 fully saturated rings. The van der Waals surface area contributed by atoms with E-state index in [1.807, 2.05) is 0 Å². The largest absolute Gasteiger partial charge is 0.465 e. The third-order valence-electron chi connectivity index (χ3n) is 3.01. The third kappa shape index (κ3) is 3.84. The van der Waals surface area contributed by atoms with Crippen molar-refractivity contribution in [2.75, 3.05) is 12.8 Å². The number of nitrogens with two attached hydrogens (primary N) is 1. The van der Waals surface area contributed by atoms with Gasteiger partial charge in [0.15, 0.2) is 5.78 Å². The van der Waals surface area contributed by atoms with E-state index in [1.165, 1.54) is 19.2 Å². The predicted molar refractivity (Wildman–Crippen MR) is 81.8 cm³/mol. The van der Waals surface area contributed by atoms with Crippen LogP contribution in [0, 0.1) is 11.8 Å². The zero-order valence-electron chi connectivity index (χ0n) is 13.4. The quantitative estimate of drug-likeness (QED) is 0.388. The Bertz CT molecular complexity index is 605. The van der Waals surface area contributed by atoms with E-state index < -0.39 is 17.9 Å². The van der Waals surface area contributed by atoms with Crippen LogP contribution in [0.1, 0.15) is 48.4 Å². The van der Waals surface area contributed by atoms with Crippen LogP contribution in [0.15, 0.2) is 12.1 Å². The monoisotopic (exact) mass is 307 g/mol. The van der Waals surface area contributed by atoms with Gasteiger partial charge in [0.1, 0.15) is 11.3 Å². The van der Waals surface area contributed by atoms with Gasteiger partial charge in [-0.3, -0.25) is 9.59 Å². The molecule has 0 atom stereocenters. The van der Waals surface area contributed by atoms with Gasteiger partial charge in [-0.2, -0.15) is 0 Å². The van der Waals surface area contributed by atoms with Crippen molar-refractivity contribution in [2.45, 2.75) is 27.7 Å². The van der Waals surface area contributed by atoms with Gasteiger partial charge in [-0.05, 0) is 12.1 Å². The fraction of sp³-hybridized carbons (Fsp3) is 0.438. The van der Waals surface area contributed by atoms with Gasteiger partial charge in [-0.15, -0.1) is 0 Å². The molecular weight excluding hydrogens is 286 g/mol. The molecule has 1 aromatic rings. The first-order chi connectivity index (χ1) is 10.2. The van der Waals surface area contributed by atoms with Crippen LogP contribution < -0.4 is 10.5 Å². The van der Waals surface area contributed by atoms with Gasteiger partial charge in [0.05, 0.1) is 18.7 Å². The molecule has 0 radical (unpaired) electrons. The number of esters is 2. The summed E-state index contributed by atoms with van der Waals surface area (Å²) in [7, 11) is 1.20. The molecule has 120 valence electrons. The number of anilines is 1. The number of nitrogen functional groups attached to an aromatic ring is 1. The minimum Gasteiger partial charge on any atom is -0.465 e. The van der Waals surface area contributed by atoms with Gasteiger partial charge in [0.25, 0.3) is 0 Å². The molecule has 22 heavy (non-hydrogen) atoms. The molecule has 0 aliphatic rings. The standard InChI is InChI=1S/C16H21NO5/c1-8(2)14(18)10-6-11(17)13(16(20)21-5)12(7-10)22-15(19)9(3)4/h6-9H,17H2,1-5H3. The molecule has 2 N–H and O–H groups in total. The van der Waals surface area contributed by atoms with Crippen LogP contribution in [0.4, 0.5) is 5.69 Å². The number of hydrogen-bond donors (Lipinski definition) is 1. The molecule has 0 heterocycles. The van der Waals surface area contributed by atoms with E-state index in [9.17, 15) is 14.4 Å². The summed E-state index contributed by atoms with van der Waals surface area (Å²) in [6, 6.07) is 2.74. The van der Waals surface area contributed by atoms with Crippen LogP contribution >= 0.6 is 0 Å². The Morgan fingerprint density at radius 3 is 2.09 bits per heavy atom. The fourth-order valence-electron chi connectivity index (χ4n) is 1.74. The molecule has 6 heteroatoms. The summed E-state index contributed by atoms with van der Waals surface area (Å²) in [5.74, 6) is -2.13. The van der Waals surface area contributed by atoms with E-state index in [-0.39, 0.29) is 34.3 Å². The summed E-state index contributed by atoms with van der Waals surface area (Å²) in [6.07, 6.45) is 0. The predicted octanol–water partition coefficient (Wildman–Crippen LogP) is 2.46. The van der Waals surface area contributed by atoms with Crippen LogP contribution in [0.2, 0.25) is 0 Å². The van der Waals surface area contributed by atoms with Gasteiger partial charge >= 0.3 is 11.9 Å². The van der Waals surface area contributed by atoms with Gasteiger partial charge < -0.3 is 15.2 Å². The Balaban J connectivity index is 3.42. The number of rotatable bonds is 5. The normalized spacial score (nSPS) is 10.7. The highest BCUT2D eigenvalue weighted by Gasteiger charge is 2.24. The summed E-state index contributed by atoms with van der Waals surface area (Å²) in [6.45, 7) is 6.80. The van der Waals surface area contributed by atoms with E-state index in [1.54, 1.807) is 27.7 Å². The molecular formula is C16H21NO5. The van der Waals surface area contributed by atoms with Crippen molar-refractivity contribution in [1.82, 2.24) is 0 Å².